The number of hydrogen-bond acceptors (Lipinski definition) is 5. The van der Waals surface area contributed by atoms with Crippen molar-refractivity contribution in [1.82, 2.24) is 10.2 Å². The quantitative estimate of drug-likeness (QED) is 0.311. The summed E-state index contributed by atoms with van der Waals surface area (Å²) >= 11 is 13.0. The minimum atomic E-state index is -3.45. The summed E-state index contributed by atoms with van der Waals surface area (Å²) in [4.78, 5) is 39.4. The number of fused-ring (bicyclic) bond motifs is 1. The molecular weight excluding hydrogens is 625 g/mol. The van der Waals surface area contributed by atoms with Crippen molar-refractivity contribution >= 4 is 56.9 Å². The molecule has 0 saturated heterocycles. The van der Waals surface area contributed by atoms with Gasteiger partial charge in [0.25, 0.3) is 5.91 Å². The van der Waals surface area contributed by atoms with Gasteiger partial charge in [0.2, 0.25) is 5.91 Å². The normalized spacial score (nSPS) is 13.9. The van der Waals surface area contributed by atoms with Gasteiger partial charge in [-0.25, -0.2) is 22.0 Å². The van der Waals surface area contributed by atoms with Crippen molar-refractivity contribution in [1.29, 1.82) is 0 Å². The summed E-state index contributed by atoms with van der Waals surface area (Å²) < 4.78 is 51.5. The van der Waals surface area contributed by atoms with Crippen molar-refractivity contribution in [3.8, 4) is 0 Å². The Morgan fingerprint density at radius 2 is 1.77 bits per heavy atom. The Morgan fingerprint density at radius 1 is 1.09 bits per heavy atom. The average Bonchev–Trinajstić information content (AvgIpc) is 2.94. The third-order valence-electron chi connectivity index (χ3n) is 6.99. The second-order valence-electron chi connectivity index (χ2n) is 9.99. The van der Waals surface area contributed by atoms with E-state index < -0.39 is 45.3 Å². The van der Waals surface area contributed by atoms with Gasteiger partial charge < -0.3 is 15.3 Å². The summed E-state index contributed by atoms with van der Waals surface area (Å²) in [6, 6.07) is 9.65. The predicted octanol–water partition coefficient (Wildman–Crippen LogP) is 5.09. The third kappa shape index (κ3) is 7.59. The topological polar surface area (TPSA) is 121 Å². The molecule has 1 aliphatic rings. The van der Waals surface area contributed by atoms with E-state index in [0.29, 0.717) is 16.7 Å². The molecule has 2 N–H and O–H groups in total. The highest BCUT2D eigenvalue weighted by molar-refractivity contribution is 7.90. The van der Waals surface area contributed by atoms with E-state index in [1.54, 1.807) is 12.1 Å². The number of aryl methyl sites for hydroxylation is 1. The Kier molecular flexibility index (Phi) is 9.89. The van der Waals surface area contributed by atoms with Crippen LogP contribution in [0.5, 0.6) is 0 Å². The van der Waals surface area contributed by atoms with Gasteiger partial charge in [0, 0.05) is 31.0 Å². The fraction of sp³-hybridized carbons (Fsp3) is 0.233. The van der Waals surface area contributed by atoms with Crippen molar-refractivity contribution in [2.24, 2.45) is 0 Å². The first kappa shape index (κ1) is 32.1. The average molecular weight is 652 g/mol. The molecule has 0 unspecified atom stereocenters. The summed E-state index contributed by atoms with van der Waals surface area (Å²) in [6.45, 7) is 0.270. The first-order chi connectivity index (χ1) is 20.3. The highest BCUT2D eigenvalue weighted by atomic mass is 35.5. The van der Waals surface area contributed by atoms with Crippen LogP contribution in [0.1, 0.15) is 39.0 Å². The lowest BCUT2D eigenvalue weighted by Crippen LogP contribution is -2.41. The number of amides is 2. The maximum Gasteiger partial charge on any atom is 0.326 e. The predicted molar refractivity (Wildman–Crippen MR) is 158 cm³/mol. The lowest BCUT2D eigenvalue weighted by atomic mass is 9.96. The highest BCUT2D eigenvalue weighted by Gasteiger charge is 2.29. The fourth-order valence-corrected chi connectivity index (χ4v) is 6.16. The summed E-state index contributed by atoms with van der Waals surface area (Å²) in [7, 11) is -3.45. The molecule has 13 heteroatoms. The van der Waals surface area contributed by atoms with Crippen molar-refractivity contribution in [2.75, 3.05) is 12.8 Å². The summed E-state index contributed by atoms with van der Waals surface area (Å²) in [5.74, 6) is -4.19. The maximum atomic E-state index is 13.9. The second-order valence-corrected chi connectivity index (χ2v) is 12.8. The molecule has 226 valence electrons. The molecule has 1 atom stereocenters. The molecule has 0 fully saturated rings. The van der Waals surface area contributed by atoms with E-state index >= 15 is 0 Å². The molecule has 0 saturated carbocycles. The Bertz CT molecular complexity index is 1730. The van der Waals surface area contributed by atoms with E-state index in [9.17, 15) is 36.7 Å². The number of aliphatic carboxylic acids is 1. The number of nitrogens with one attached hydrogen (secondary N) is 1. The van der Waals surface area contributed by atoms with E-state index in [0.717, 1.165) is 30.5 Å². The molecule has 4 rings (SSSR count). The van der Waals surface area contributed by atoms with Crippen LogP contribution in [0.2, 0.25) is 10.0 Å². The molecule has 3 aromatic rings. The largest absolute Gasteiger partial charge is 0.480 e. The van der Waals surface area contributed by atoms with Gasteiger partial charge in [-0.3, -0.25) is 9.59 Å². The monoisotopic (exact) mass is 650 g/mol. The number of nitrogens with zero attached hydrogens (tertiary/aromatic N) is 1. The van der Waals surface area contributed by atoms with Crippen LogP contribution in [0, 0.1) is 11.6 Å². The van der Waals surface area contributed by atoms with E-state index in [1.165, 1.54) is 29.2 Å². The summed E-state index contributed by atoms with van der Waals surface area (Å²) in [5, 5.41) is 12.1. The molecule has 3 aromatic carbocycles. The molecule has 43 heavy (non-hydrogen) atoms. The summed E-state index contributed by atoms with van der Waals surface area (Å²) in [5.41, 5.74) is 1.27. The molecule has 0 aromatic heterocycles. The van der Waals surface area contributed by atoms with Crippen LogP contribution in [-0.4, -0.2) is 55.1 Å². The molecule has 2 amide bonds. The molecule has 0 aliphatic carbocycles. The minimum Gasteiger partial charge on any atom is -0.480 e. The molecule has 1 heterocycles. The molecule has 0 spiro atoms. The Labute approximate surface area is 256 Å². The Morgan fingerprint density at radius 3 is 2.42 bits per heavy atom. The summed E-state index contributed by atoms with van der Waals surface area (Å²) in [6.07, 6.45) is 3.60. The van der Waals surface area contributed by atoms with Gasteiger partial charge >= 0.3 is 5.97 Å². The lowest BCUT2D eigenvalue weighted by molar-refractivity contribution is -0.139. The van der Waals surface area contributed by atoms with Crippen LogP contribution < -0.4 is 5.32 Å². The van der Waals surface area contributed by atoms with Crippen molar-refractivity contribution in [2.45, 2.75) is 36.7 Å². The van der Waals surface area contributed by atoms with Crippen LogP contribution in [0.15, 0.2) is 59.5 Å². The Hall–Kier alpha value is -3.80. The lowest BCUT2D eigenvalue weighted by Gasteiger charge is -2.29. The van der Waals surface area contributed by atoms with Crippen LogP contribution in [-0.2, 0) is 38.8 Å². The van der Waals surface area contributed by atoms with Crippen LogP contribution in [0.4, 0.5) is 8.78 Å². The smallest absolute Gasteiger partial charge is 0.326 e. The zero-order chi connectivity index (χ0) is 31.5. The zero-order valence-corrected chi connectivity index (χ0v) is 25.1. The zero-order valence-electron chi connectivity index (χ0n) is 22.7. The third-order valence-corrected chi connectivity index (χ3v) is 8.81. The molecule has 8 nitrogen and oxygen atoms in total. The van der Waals surface area contributed by atoms with Crippen molar-refractivity contribution in [3.63, 3.8) is 0 Å². The number of hydrogen-bond donors (Lipinski definition) is 2. The number of benzene rings is 3. The van der Waals surface area contributed by atoms with E-state index in [4.69, 9.17) is 23.2 Å². The number of carbonyl (C=O) groups excluding carboxylic acids is 2. The van der Waals surface area contributed by atoms with Crippen molar-refractivity contribution < 1.29 is 36.7 Å². The first-order valence-electron chi connectivity index (χ1n) is 13.0. The van der Waals surface area contributed by atoms with Gasteiger partial charge in [-0.2, -0.15) is 0 Å². The minimum absolute atomic E-state index is 0.0288. The van der Waals surface area contributed by atoms with Gasteiger partial charge in [0.15, 0.2) is 9.84 Å². The first-order valence-corrected chi connectivity index (χ1v) is 15.6. The van der Waals surface area contributed by atoms with Crippen LogP contribution in [0.3, 0.4) is 0 Å². The highest BCUT2D eigenvalue weighted by Crippen LogP contribution is 2.35. The number of halogens is 4. The van der Waals surface area contributed by atoms with Gasteiger partial charge in [-0.15, -0.1) is 0 Å². The van der Waals surface area contributed by atoms with Gasteiger partial charge in [-0.05, 0) is 72.4 Å². The van der Waals surface area contributed by atoms with E-state index in [1.807, 2.05) is 0 Å². The standard InChI is InChI=1S/C30H26Cl2F2N2O6S/c1-43(41,42)19-5-2-4-17(14-19)8-10-25(30(39)40)35-29(38)27-22(31)15-18-16-36(13-12-20(18)28(27)32)26(37)11-9-21-23(33)6-3-7-24(21)34/h2-7,9,11,14-15,25H,8,10,12-13,16H2,1H3,(H,35,38)(H,39,40)/b11-9+/t25-/m0/s1. The number of sulfone groups is 1. The number of rotatable bonds is 9. The second kappa shape index (κ2) is 13.2. The number of carboxylic acid groups (broad SMARTS) is 1. The molecule has 0 radical (unpaired) electrons. The molecule has 0 bridgehead atoms. The van der Waals surface area contributed by atoms with Crippen molar-refractivity contribution in [3.05, 3.63) is 104 Å². The maximum absolute atomic E-state index is 13.9. The van der Waals surface area contributed by atoms with E-state index in [-0.39, 0.29) is 58.4 Å². The number of carboxylic acids is 1. The SMILES string of the molecule is CS(=O)(=O)c1cccc(CC[C@H](NC(=O)c2c(Cl)cc3c(c2Cl)CCN(C(=O)/C=C/c2c(F)cccc2F)C3)C(=O)O)c1. The van der Waals surface area contributed by atoms with Gasteiger partial charge in [-0.1, -0.05) is 41.4 Å². The van der Waals surface area contributed by atoms with Gasteiger partial charge in [0.1, 0.15) is 17.7 Å². The number of carbonyl (C=O) groups is 3. The Balaban J connectivity index is 1.47. The van der Waals surface area contributed by atoms with Crippen LogP contribution >= 0.6 is 23.2 Å². The molecular formula is C30H26Cl2F2N2O6S. The van der Waals surface area contributed by atoms with Crippen LogP contribution in [0.25, 0.3) is 6.08 Å². The van der Waals surface area contributed by atoms with E-state index in [2.05, 4.69) is 5.32 Å². The van der Waals surface area contributed by atoms with Gasteiger partial charge in [0.05, 0.1) is 20.5 Å². The molecule has 1 aliphatic heterocycles. The fourth-order valence-electron chi connectivity index (χ4n) is 4.71.